The lowest BCUT2D eigenvalue weighted by Crippen LogP contribution is -2.27. The number of aromatic nitrogens is 3. The number of fused-ring (bicyclic) bond motifs is 1. The molecule has 3 rings (SSSR count). The molecule has 0 spiro atoms. The Morgan fingerprint density at radius 3 is 2.92 bits per heavy atom. The fraction of sp³-hybridized carbons (Fsp3) is 0.167. The highest BCUT2D eigenvalue weighted by Crippen LogP contribution is 2.25. The highest BCUT2D eigenvalue weighted by atomic mass is 16.2. The number of carbonyl (C=O) groups is 1. The summed E-state index contributed by atoms with van der Waals surface area (Å²) in [5.41, 5.74) is 9.21. The Hall–Kier alpha value is -3.15. The summed E-state index contributed by atoms with van der Waals surface area (Å²) in [6.45, 7) is 1.98. The number of hydrogen-bond acceptors (Lipinski definition) is 4. The predicted octanol–water partition coefficient (Wildman–Crippen LogP) is 2.77. The zero-order valence-corrected chi connectivity index (χ0v) is 13.6. The van der Waals surface area contributed by atoms with E-state index in [4.69, 9.17) is 5.73 Å². The number of nitrogens with two attached hydrogens (primary N) is 1. The minimum atomic E-state index is -0.102. The van der Waals surface area contributed by atoms with E-state index >= 15 is 0 Å². The van der Waals surface area contributed by atoms with Crippen LogP contribution in [0, 0.1) is 0 Å². The molecule has 0 radical (unpaired) electrons. The molecule has 6 heteroatoms. The molecule has 3 N–H and O–H groups in total. The number of likely N-dealkylation sites (N-methyl/N-ethyl adjacent to an activating group) is 1. The number of nitrogens with one attached hydrogen (secondary N) is 1. The molecule has 6 nitrogen and oxygen atoms in total. The van der Waals surface area contributed by atoms with Crippen LogP contribution in [0.25, 0.3) is 17.1 Å². The lowest BCUT2D eigenvalue weighted by molar-refractivity contribution is -0.126. The van der Waals surface area contributed by atoms with Crippen LogP contribution in [0.2, 0.25) is 0 Å². The molecule has 0 saturated heterocycles. The fourth-order valence-corrected chi connectivity index (χ4v) is 2.49. The average molecular weight is 321 g/mol. The molecule has 0 fully saturated rings. The zero-order valence-electron chi connectivity index (χ0n) is 13.6. The van der Waals surface area contributed by atoms with Crippen LogP contribution in [0.4, 0.5) is 5.82 Å². The van der Waals surface area contributed by atoms with Crippen LogP contribution >= 0.6 is 0 Å². The Morgan fingerprint density at radius 2 is 2.17 bits per heavy atom. The minimum absolute atomic E-state index is 0.0930. The normalized spacial score (nSPS) is 12.6. The fourth-order valence-electron chi connectivity index (χ4n) is 2.49. The summed E-state index contributed by atoms with van der Waals surface area (Å²) in [6, 6.07) is 7.27. The number of aromatic amines is 1. The molecule has 0 aliphatic rings. The number of carbonyl (C=O) groups excluding carboxylic acids is 1. The molecule has 0 aliphatic carbocycles. The summed E-state index contributed by atoms with van der Waals surface area (Å²) in [6.07, 6.45) is 8.55. The number of nitrogens with zero attached hydrogens (tertiary/aromatic N) is 3. The van der Waals surface area contributed by atoms with E-state index in [-0.39, 0.29) is 11.9 Å². The lowest BCUT2D eigenvalue weighted by atomic mass is 10.1. The van der Waals surface area contributed by atoms with Gasteiger partial charge in [-0.2, -0.15) is 0 Å². The maximum absolute atomic E-state index is 12.4. The molecule has 0 saturated carbocycles. The number of anilines is 1. The van der Waals surface area contributed by atoms with Crippen molar-refractivity contribution in [3.8, 4) is 0 Å². The molecule has 122 valence electrons. The molecule has 0 bridgehead atoms. The second-order valence-electron chi connectivity index (χ2n) is 5.62. The third kappa shape index (κ3) is 3.12. The van der Waals surface area contributed by atoms with E-state index in [0.717, 1.165) is 22.2 Å². The highest BCUT2D eigenvalue weighted by Gasteiger charge is 2.19. The molecule has 1 amide bonds. The molecule has 3 aromatic rings. The number of H-pyrrole nitrogens is 1. The van der Waals surface area contributed by atoms with Gasteiger partial charge >= 0.3 is 0 Å². The van der Waals surface area contributed by atoms with Gasteiger partial charge in [0.05, 0.1) is 17.1 Å². The van der Waals surface area contributed by atoms with Crippen molar-refractivity contribution in [2.75, 3.05) is 12.8 Å². The van der Waals surface area contributed by atoms with Gasteiger partial charge in [0, 0.05) is 37.3 Å². The van der Waals surface area contributed by atoms with Crippen LogP contribution in [0.1, 0.15) is 24.1 Å². The molecule has 3 aromatic heterocycles. The standard InChI is InChI=1S/C18H19N5O/c1-12(14-11-21-15-4-3-9-20-18(14)15)23(2)17(24)8-6-13-5-7-16(19)22-10-13/h3-12,21H,1-2H3,(H2,19,22). The Balaban J connectivity index is 1.76. The highest BCUT2D eigenvalue weighted by molar-refractivity contribution is 5.92. The lowest BCUT2D eigenvalue weighted by Gasteiger charge is -2.23. The maximum Gasteiger partial charge on any atom is 0.246 e. The summed E-state index contributed by atoms with van der Waals surface area (Å²) in [4.78, 5) is 25.7. The molecule has 0 aromatic carbocycles. The van der Waals surface area contributed by atoms with Crippen molar-refractivity contribution in [2.24, 2.45) is 0 Å². The molecule has 0 aliphatic heterocycles. The van der Waals surface area contributed by atoms with Crippen LogP contribution in [0.15, 0.2) is 48.9 Å². The Morgan fingerprint density at radius 1 is 1.33 bits per heavy atom. The summed E-state index contributed by atoms with van der Waals surface area (Å²) < 4.78 is 0. The van der Waals surface area contributed by atoms with Gasteiger partial charge in [-0.25, -0.2) is 4.98 Å². The number of nitrogen functional groups attached to an aromatic ring is 1. The molecule has 1 atom stereocenters. The van der Waals surface area contributed by atoms with Crippen LogP contribution in [-0.4, -0.2) is 32.8 Å². The maximum atomic E-state index is 12.4. The molecule has 1 unspecified atom stereocenters. The summed E-state index contributed by atoms with van der Waals surface area (Å²) in [5, 5.41) is 0. The van der Waals surface area contributed by atoms with Crippen molar-refractivity contribution in [3.63, 3.8) is 0 Å². The third-order valence-corrected chi connectivity index (χ3v) is 4.07. The van der Waals surface area contributed by atoms with Gasteiger partial charge in [0.1, 0.15) is 5.82 Å². The van der Waals surface area contributed by atoms with Crippen molar-refractivity contribution < 1.29 is 4.79 Å². The molecular formula is C18H19N5O. The van der Waals surface area contributed by atoms with E-state index in [1.165, 1.54) is 6.08 Å². The van der Waals surface area contributed by atoms with Crippen molar-refractivity contribution in [1.29, 1.82) is 0 Å². The first-order valence-corrected chi connectivity index (χ1v) is 7.64. The second-order valence-corrected chi connectivity index (χ2v) is 5.62. The number of pyridine rings is 2. The number of rotatable bonds is 4. The van der Waals surface area contributed by atoms with E-state index in [1.807, 2.05) is 31.3 Å². The van der Waals surface area contributed by atoms with Crippen LogP contribution in [0.5, 0.6) is 0 Å². The Bertz CT molecular complexity index is 882. The minimum Gasteiger partial charge on any atom is -0.384 e. The van der Waals surface area contributed by atoms with Gasteiger partial charge in [0.25, 0.3) is 0 Å². The second kappa shape index (κ2) is 6.54. The van der Waals surface area contributed by atoms with Crippen LogP contribution < -0.4 is 5.73 Å². The molecular weight excluding hydrogens is 302 g/mol. The molecule has 3 heterocycles. The van der Waals surface area contributed by atoms with Gasteiger partial charge in [0.15, 0.2) is 0 Å². The largest absolute Gasteiger partial charge is 0.384 e. The SMILES string of the molecule is CC(c1c[nH]c2cccnc12)N(C)C(=O)C=Cc1ccc(N)nc1. The molecule has 24 heavy (non-hydrogen) atoms. The predicted molar refractivity (Wildman–Crippen MR) is 95.0 cm³/mol. The van der Waals surface area contributed by atoms with Gasteiger partial charge < -0.3 is 15.6 Å². The quantitative estimate of drug-likeness (QED) is 0.723. The van der Waals surface area contributed by atoms with E-state index < -0.39 is 0 Å². The van der Waals surface area contributed by atoms with E-state index in [0.29, 0.717) is 5.82 Å². The van der Waals surface area contributed by atoms with Crippen molar-refractivity contribution >= 4 is 28.8 Å². The summed E-state index contributed by atoms with van der Waals surface area (Å²) in [7, 11) is 1.78. The van der Waals surface area contributed by atoms with E-state index in [2.05, 4.69) is 15.0 Å². The van der Waals surface area contributed by atoms with Gasteiger partial charge in [-0.1, -0.05) is 0 Å². The smallest absolute Gasteiger partial charge is 0.246 e. The third-order valence-electron chi connectivity index (χ3n) is 4.07. The van der Waals surface area contributed by atoms with Crippen LogP contribution in [-0.2, 0) is 4.79 Å². The Labute approximate surface area is 140 Å². The van der Waals surface area contributed by atoms with Crippen molar-refractivity contribution in [1.82, 2.24) is 19.9 Å². The van der Waals surface area contributed by atoms with Crippen molar-refractivity contribution in [2.45, 2.75) is 13.0 Å². The first-order valence-electron chi connectivity index (χ1n) is 7.64. The summed E-state index contributed by atoms with van der Waals surface area (Å²) >= 11 is 0. The Kier molecular flexibility index (Phi) is 4.29. The van der Waals surface area contributed by atoms with Gasteiger partial charge in [0.2, 0.25) is 5.91 Å². The summed E-state index contributed by atoms with van der Waals surface area (Å²) in [5.74, 6) is 0.362. The van der Waals surface area contributed by atoms with Gasteiger partial charge in [-0.05, 0) is 42.8 Å². The van der Waals surface area contributed by atoms with Gasteiger partial charge in [-0.3, -0.25) is 9.78 Å². The first-order chi connectivity index (χ1) is 11.6. The number of amides is 1. The van der Waals surface area contributed by atoms with Gasteiger partial charge in [-0.15, -0.1) is 0 Å². The van der Waals surface area contributed by atoms with Crippen molar-refractivity contribution in [3.05, 3.63) is 60.1 Å². The number of hydrogen-bond donors (Lipinski definition) is 2. The first kappa shape index (κ1) is 15.7. The van der Waals surface area contributed by atoms with E-state index in [9.17, 15) is 4.79 Å². The zero-order chi connectivity index (χ0) is 17.1. The monoisotopic (exact) mass is 321 g/mol. The topological polar surface area (TPSA) is 87.9 Å². The van der Waals surface area contributed by atoms with E-state index in [1.54, 1.807) is 36.5 Å². The average Bonchev–Trinajstić information content (AvgIpc) is 3.03. The van der Waals surface area contributed by atoms with Crippen LogP contribution in [0.3, 0.4) is 0 Å².